The van der Waals surface area contributed by atoms with Gasteiger partial charge in [0.15, 0.2) is 0 Å². The number of phenols is 1. The van der Waals surface area contributed by atoms with E-state index in [1.54, 1.807) is 36.4 Å². The standard InChI is InChI=1S/C22H16BrCl2FN2O/c23-13-6-9-20(29)15(10-13)19-11-18(12-4-7-14(24)8-5-12)27-22(28-19)21-16(25)2-1-3-17(21)26/h1-10,19,22,28-29H,11H2/t19-,22-/m1/s1. The third-order valence-electron chi connectivity index (χ3n) is 4.86. The molecule has 148 valence electrons. The van der Waals surface area contributed by atoms with Crippen LogP contribution in [0.1, 0.15) is 35.3 Å². The monoisotopic (exact) mass is 492 g/mol. The number of phenolic OH excluding ortho intramolecular Hbond substituents is 1. The van der Waals surface area contributed by atoms with Crippen LogP contribution in [0.3, 0.4) is 0 Å². The van der Waals surface area contributed by atoms with Crippen molar-refractivity contribution in [2.24, 2.45) is 4.99 Å². The molecule has 4 rings (SSSR count). The molecule has 3 aromatic rings. The molecule has 1 aliphatic heterocycles. The number of aromatic hydroxyl groups is 1. The van der Waals surface area contributed by atoms with Crippen molar-refractivity contribution >= 4 is 44.8 Å². The molecule has 0 aromatic heterocycles. The Morgan fingerprint density at radius 3 is 2.55 bits per heavy atom. The average molecular weight is 494 g/mol. The Labute approximate surface area is 186 Å². The van der Waals surface area contributed by atoms with Crippen LogP contribution in [0.4, 0.5) is 4.39 Å². The topological polar surface area (TPSA) is 44.6 Å². The quantitative estimate of drug-likeness (QED) is 0.420. The predicted molar refractivity (Wildman–Crippen MR) is 118 cm³/mol. The van der Waals surface area contributed by atoms with Gasteiger partial charge in [-0.05, 0) is 48.0 Å². The van der Waals surface area contributed by atoms with E-state index in [0.717, 1.165) is 15.7 Å². The number of nitrogens with zero attached hydrogens (tertiary/aromatic N) is 1. The number of benzene rings is 3. The molecule has 0 radical (unpaired) electrons. The molecular formula is C22H16BrCl2FN2O. The minimum Gasteiger partial charge on any atom is -0.508 e. The van der Waals surface area contributed by atoms with Gasteiger partial charge in [0.1, 0.15) is 17.7 Å². The molecule has 0 fully saturated rings. The van der Waals surface area contributed by atoms with Crippen molar-refractivity contribution in [1.82, 2.24) is 5.32 Å². The largest absolute Gasteiger partial charge is 0.508 e. The number of rotatable bonds is 3. The Bertz CT molecular complexity index is 1070. The van der Waals surface area contributed by atoms with Gasteiger partial charge in [0, 0.05) is 38.8 Å². The summed E-state index contributed by atoms with van der Waals surface area (Å²) >= 11 is 15.8. The smallest absolute Gasteiger partial charge is 0.131 e. The maximum absolute atomic E-state index is 14.6. The van der Waals surface area contributed by atoms with E-state index < -0.39 is 12.0 Å². The molecule has 29 heavy (non-hydrogen) atoms. The van der Waals surface area contributed by atoms with E-state index >= 15 is 0 Å². The highest BCUT2D eigenvalue weighted by Crippen LogP contribution is 2.38. The summed E-state index contributed by atoms with van der Waals surface area (Å²) in [5.41, 5.74) is 2.62. The summed E-state index contributed by atoms with van der Waals surface area (Å²) in [5.74, 6) is -0.283. The van der Waals surface area contributed by atoms with E-state index in [4.69, 9.17) is 28.2 Å². The van der Waals surface area contributed by atoms with Crippen molar-refractivity contribution in [3.63, 3.8) is 0 Å². The summed E-state index contributed by atoms with van der Waals surface area (Å²) < 4.78 is 15.5. The van der Waals surface area contributed by atoms with E-state index in [-0.39, 0.29) is 17.4 Å². The van der Waals surface area contributed by atoms with Crippen LogP contribution in [0.5, 0.6) is 5.75 Å². The van der Waals surface area contributed by atoms with E-state index in [9.17, 15) is 9.50 Å². The molecule has 0 amide bonds. The van der Waals surface area contributed by atoms with Crippen molar-refractivity contribution < 1.29 is 9.50 Å². The van der Waals surface area contributed by atoms with Gasteiger partial charge in [-0.2, -0.15) is 0 Å². The van der Waals surface area contributed by atoms with Gasteiger partial charge < -0.3 is 5.11 Å². The molecule has 1 aliphatic rings. The van der Waals surface area contributed by atoms with Gasteiger partial charge >= 0.3 is 0 Å². The summed E-state index contributed by atoms with van der Waals surface area (Å²) in [7, 11) is 0. The fraction of sp³-hybridized carbons (Fsp3) is 0.136. The summed E-state index contributed by atoms with van der Waals surface area (Å²) in [6, 6.07) is 16.8. The number of halogens is 4. The first-order valence-corrected chi connectivity index (χ1v) is 10.5. The van der Waals surface area contributed by atoms with Gasteiger partial charge in [0.25, 0.3) is 0 Å². The molecule has 3 nitrogen and oxygen atoms in total. The Balaban J connectivity index is 1.82. The van der Waals surface area contributed by atoms with Crippen molar-refractivity contribution in [3.05, 3.63) is 97.7 Å². The van der Waals surface area contributed by atoms with E-state index in [1.807, 2.05) is 18.2 Å². The van der Waals surface area contributed by atoms with E-state index in [1.165, 1.54) is 6.07 Å². The average Bonchev–Trinajstić information content (AvgIpc) is 2.70. The highest BCUT2D eigenvalue weighted by atomic mass is 79.9. The molecule has 2 atom stereocenters. The lowest BCUT2D eigenvalue weighted by molar-refractivity contribution is 0.405. The predicted octanol–water partition coefficient (Wildman–Crippen LogP) is 6.82. The second-order valence-electron chi connectivity index (χ2n) is 6.75. The number of nitrogens with one attached hydrogen (secondary N) is 1. The van der Waals surface area contributed by atoms with Crippen LogP contribution in [0.15, 0.2) is 70.1 Å². The van der Waals surface area contributed by atoms with Gasteiger partial charge in [0.2, 0.25) is 0 Å². The molecular weight excluding hydrogens is 478 g/mol. The van der Waals surface area contributed by atoms with Gasteiger partial charge in [-0.3, -0.25) is 10.3 Å². The van der Waals surface area contributed by atoms with Gasteiger partial charge in [-0.15, -0.1) is 0 Å². The first-order valence-electron chi connectivity index (χ1n) is 8.93. The van der Waals surface area contributed by atoms with Crippen molar-refractivity contribution in [2.75, 3.05) is 0 Å². The lowest BCUT2D eigenvalue weighted by Gasteiger charge is -2.31. The highest BCUT2D eigenvalue weighted by Gasteiger charge is 2.30. The fourth-order valence-electron chi connectivity index (χ4n) is 3.45. The van der Waals surface area contributed by atoms with Crippen molar-refractivity contribution in [1.29, 1.82) is 0 Å². The van der Waals surface area contributed by atoms with Gasteiger partial charge in [-0.25, -0.2) is 4.39 Å². The van der Waals surface area contributed by atoms with Crippen LogP contribution in [-0.2, 0) is 0 Å². The fourth-order valence-corrected chi connectivity index (χ4v) is 4.22. The Hall–Kier alpha value is -1.92. The molecule has 0 bridgehead atoms. The van der Waals surface area contributed by atoms with Crippen LogP contribution in [0.25, 0.3) is 0 Å². The van der Waals surface area contributed by atoms with Crippen LogP contribution in [0, 0.1) is 5.82 Å². The molecule has 3 aromatic carbocycles. The van der Waals surface area contributed by atoms with Crippen LogP contribution < -0.4 is 5.32 Å². The molecule has 1 heterocycles. The highest BCUT2D eigenvalue weighted by molar-refractivity contribution is 9.10. The van der Waals surface area contributed by atoms with E-state index in [0.29, 0.717) is 22.0 Å². The summed E-state index contributed by atoms with van der Waals surface area (Å²) in [4.78, 5) is 4.75. The minimum absolute atomic E-state index is 0.154. The van der Waals surface area contributed by atoms with E-state index in [2.05, 4.69) is 21.2 Å². The van der Waals surface area contributed by atoms with Gasteiger partial charge in [0.05, 0.1) is 5.02 Å². The third-order valence-corrected chi connectivity index (χ3v) is 5.93. The van der Waals surface area contributed by atoms with Crippen LogP contribution in [0.2, 0.25) is 10.0 Å². The van der Waals surface area contributed by atoms with Crippen LogP contribution >= 0.6 is 39.1 Å². The molecule has 2 N–H and O–H groups in total. The van der Waals surface area contributed by atoms with Crippen molar-refractivity contribution in [3.8, 4) is 5.75 Å². The SMILES string of the molecule is Oc1ccc(Br)cc1[C@H]1CC(c2ccc(Cl)cc2)=N[C@@H](c2c(F)cccc2Cl)N1. The van der Waals surface area contributed by atoms with Gasteiger partial charge in [-0.1, -0.05) is 57.3 Å². The zero-order chi connectivity index (χ0) is 20.5. The zero-order valence-corrected chi connectivity index (χ0v) is 18.1. The molecule has 0 aliphatic carbocycles. The molecule has 7 heteroatoms. The van der Waals surface area contributed by atoms with Crippen LogP contribution in [-0.4, -0.2) is 10.8 Å². The summed E-state index contributed by atoms with van der Waals surface area (Å²) in [6.45, 7) is 0. The maximum atomic E-state index is 14.6. The first-order chi connectivity index (χ1) is 13.9. The van der Waals surface area contributed by atoms with Crippen molar-refractivity contribution in [2.45, 2.75) is 18.6 Å². The molecule has 0 spiro atoms. The number of aliphatic imine (C=N–C) groups is 1. The second kappa shape index (κ2) is 8.44. The molecule has 0 saturated heterocycles. The maximum Gasteiger partial charge on any atom is 0.131 e. The lowest BCUT2D eigenvalue weighted by atomic mass is 9.93. The zero-order valence-electron chi connectivity index (χ0n) is 15.0. The molecule has 0 saturated carbocycles. The summed E-state index contributed by atoms with van der Waals surface area (Å²) in [6.07, 6.45) is -0.194. The second-order valence-corrected chi connectivity index (χ2v) is 8.51. The normalized spacial score (nSPS) is 19.1. The Morgan fingerprint density at radius 1 is 1.07 bits per heavy atom. The number of hydrogen-bond acceptors (Lipinski definition) is 3. The number of hydrogen-bond donors (Lipinski definition) is 2. The summed E-state index contributed by atoms with van der Waals surface area (Å²) in [5, 5.41) is 14.7. The molecule has 0 unspecified atom stereocenters. The third kappa shape index (κ3) is 4.33. The minimum atomic E-state index is -0.702. The Kier molecular flexibility index (Phi) is 5.93. The first kappa shape index (κ1) is 20.4. The Morgan fingerprint density at radius 2 is 1.83 bits per heavy atom. The lowest BCUT2D eigenvalue weighted by Crippen LogP contribution is -2.33.